The highest BCUT2D eigenvalue weighted by atomic mass is 16.2. The zero-order valence-electron chi connectivity index (χ0n) is 85.6. The summed E-state index contributed by atoms with van der Waals surface area (Å²) in [7, 11) is 0. The number of carbonyl (C=O) groups is 12. The van der Waals surface area contributed by atoms with Gasteiger partial charge in [-0.3, -0.25) is 76.3 Å². The monoisotopic (exact) mass is 2030 g/mol. The lowest BCUT2D eigenvalue weighted by Crippen LogP contribution is -2.53. The molecule has 0 aliphatic rings. The second-order valence-corrected chi connectivity index (χ2v) is 36.7. The second-order valence-electron chi connectivity index (χ2n) is 36.7. The molecule has 0 saturated carbocycles. The van der Waals surface area contributed by atoms with Crippen LogP contribution in [0.2, 0.25) is 0 Å². The summed E-state index contributed by atoms with van der Waals surface area (Å²) in [6.45, 7) is 7.23. The third kappa shape index (κ3) is 31.4. The Hall–Kier alpha value is -16.2. The van der Waals surface area contributed by atoms with E-state index in [1.165, 1.54) is 67.9 Å². The zero-order chi connectivity index (χ0) is 107. The maximum absolute atomic E-state index is 16.4. The van der Waals surface area contributed by atoms with Crippen molar-refractivity contribution in [2.45, 2.75) is 156 Å². The number of amides is 12. The van der Waals surface area contributed by atoms with E-state index in [9.17, 15) is 14.4 Å². The van der Waals surface area contributed by atoms with Gasteiger partial charge in [0, 0.05) is 38.9 Å². The summed E-state index contributed by atoms with van der Waals surface area (Å²) in [5.74, 6) is -8.62. The Kier molecular flexibility index (Phi) is 41.4. The molecule has 12 rings (SSSR count). The van der Waals surface area contributed by atoms with Crippen molar-refractivity contribution in [2.75, 3.05) is 105 Å². The minimum Gasteiger partial charge on any atom is -0.368 e. The molecule has 4 heterocycles. The number of aromatic nitrogens is 12. The van der Waals surface area contributed by atoms with E-state index in [2.05, 4.69) is 46.6 Å². The van der Waals surface area contributed by atoms with Crippen LogP contribution in [0.3, 0.4) is 0 Å². The molecule has 8 aromatic carbocycles. The van der Waals surface area contributed by atoms with Crippen molar-refractivity contribution < 1.29 is 57.5 Å². The van der Waals surface area contributed by atoms with Crippen LogP contribution in [-0.4, -0.2) is 289 Å². The van der Waals surface area contributed by atoms with Crippen LogP contribution in [-0.2, 0) is 110 Å². The van der Waals surface area contributed by atoms with Gasteiger partial charge in [-0.25, -0.2) is 0 Å². The molecule has 0 spiro atoms. The molecule has 11 N–H and O–H groups in total. The summed E-state index contributed by atoms with van der Waals surface area (Å²) >= 11 is 0. The molecule has 149 heavy (non-hydrogen) atoms. The molecule has 12 amide bonds. The van der Waals surface area contributed by atoms with Crippen LogP contribution in [0, 0.1) is 0 Å². The molecule has 0 aliphatic heterocycles. The summed E-state index contributed by atoms with van der Waals surface area (Å²) in [6.07, 6.45) is 6.44. The first kappa shape index (κ1) is 112. The largest absolute Gasteiger partial charge is 0.368 e. The lowest BCUT2D eigenvalue weighted by atomic mass is 10.0. The Morgan fingerprint density at radius 1 is 0.242 bits per heavy atom. The van der Waals surface area contributed by atoms with E-state index < -0.39 is 198 Å². The molecule has 0 radical (unpaired) electrons. The number of nitrogens with one attached hydrogen (secondary N) is 1. The lowest BCUT2D eigenvalue weighted by Gasteiger charge is -2.37. The molecular formula is C108H135N29O12. The number of benzene rings is 8. The van der Waals surface area contributed by atoms with Crippen LogP contribution in [0.25, 0.3) is 0 Å². The quantitative estimate of drug-likeness (QED) is 0.0245. The van der Waals surface area contributed by atoms with Crippen molar-refractivity contribution in [3.05, 3.63) is 335 Å². The van der Waals surface area contributed by atoms with Gasteiger partial charge in [0.2, 0.25) is 70.9 Å². The van der Waals surface area contributed by atoms with Gasteiger partial charge in [0.15, 0.2) is 0 Å². The number of hydrogen-bond donors (Lipinski definition) is 6. The maximum atomic E-state index is 16.4. The van der Waals surface area contributed by atoms with E-state index in [4.69, 9.17) is 28.7 Å². The minimum absolute atomic E-state index is 0.147. The van der Waals surface area contributed by atoms with E-state index in [1.54, 1.807) is 266 Å². The first-order chi connectivity index (χ1) is 71.9. The molecule has 4 aromatic heterocycles. The molecule has 0 saturated heterocycles. The highest BCUT2D eigenvalue weighted by molar-refractivity contribution is 5.96. The predicted molar refractivity (Wildman–Crippen MR) is 556 cm³/mol. The fourth-order valence-corrected chi connectivity index (χ4v) is 17.7. The van der Waals surface area contributed by atoms with E-state index in [1.807, 2.05) is 61.5 Å². The Morgan fingerprint density at radius 2 is 0.416 bits per heavy atom. The van der Waals surface area contributed by atoms with Gasteiger partial charge in [-0.1, -0.05) is 264 Å². The molecule has 41 heteroatoms. The molecule has 0 fully saturated rings. The van der Waals surface area contributed by atoms with Crippen molar-refractivity contribution in [1.82, 2.24) is 119 Å². The van der Waals surface area contributed by atoms with Crippen molar-refractivity contribution in [1.29, 1.82) is 0 Å². The molecule has 12 aromatic rings. The number of hydrogen-bond acceptors (Lipinski definition) is 25. The van der Waals surface area contributed by atoms with Gasteiger partial charge in [0.05, 0.1) is 132 Å². The Labute approximate surface area is 867 Å². The van der Waals surface area contributed by atoms with E-state index >= 15 is 43.2 Å². The number of carbonyl (C=O) groups excluding carboxylic acids is 12. The highest BCUT2D eigenvalue weighted by Crippen LogP contribution is 2.32. The van der Waals surface area contributed by atoms with Crippen molar-refractivity contribution in [2.24, 2.45) is 28.7 Å². The van der Waals surface area contributed by atoms with Crippen LogP contribution in [0.1, 0.15) is 171 Å². The van der Waals surface area contributed by atoms with E-state index in [0.717, 1.165) is 5.56 Å². The van der Waals surface area contributed by atoms with Crippen molar-refractivity contribution in [3.63, 3.8) is 0 Å². The SMILES string of the molecule is C[C@H](c1ccccc1)N(CC(N)=O)C(=O)CN(C(=O)CN(Cc1cn(CCN)nn1)C(=O)CN(C(=O)CN(C(=O)CN(Cc1cn(CCN)nn1)C(=O)CN(C(=O)CN(C(=O)CN(Cc1cn(CCN)nn1)C(=O)CN(C(=O)CN(C(=O)CNCc1cn(CCN)nn1)[C@H](C)c1ccccc1)[C@H](C)c1ccccc1)[C@H](C)c1ccccc1)[C@H](C)c1ccccc1)[C@H](C)c1ccccc1)[C@H](C)c1ccccc1)[C@H](C)c1ccccc1. The fourth-order valence-electron chi connectivity index (χ4n) is 17.7. The average Bonchev–Trinajstić information content (AvgIpc) is 1.50. The van der Waals surface area contributed by atoms with Crippen molar-refractivity contribution in [3.8, 4) is 0 Å². The van der Waals surface area contributed by atoms with Crippen LogP contribution in [0.15, 0.2) is 267 Å². The summed E-state index contributed by atoms with van der Waals surface area (Å²) in [4.78, 5) is 202. The smallest absolute Gasteiger partial charge is 0.243 e. The van der Waals surface area contributed by atoms with Crippen LogP contribution < -0.4 is 34.0 Å². The summed E-state index contributed by atoms with van der Waals surface area (Å²) < 4.78 is 6.03. The first-order valence-electron chi connectivity index (χ1n) is 49.8. The van der Waals surface area contributed by atoms with Crippen LogP contribution in [0.4, 0.5) is 0 Å². The van der Waals surface area contributed by atoms with E-state index in [0.29, 0.717) is 57.7 Å². The van der Waals surface area contributed by atoms with E-state index in [-0.39, 0.29) is 82.5 Å². The predicted octanol–water partition coefficient (Wildman–Crippen LogP) is 6.27. The molecule has 41 nitrogen and oxygen atoms in total. The van der Waals surface area contributed by atoms with Gasteiger partial charge >= 0.3 is 0 Å². The van der Waals surface area contributed by atoms with Gasteiger partial charge in [-0.15, -0.1) is 20.4 Å². The number of nitrogens with zero attached hydrogens (tertiary/aromatic N) is 23. The fraction of sp³-hybridized carbons (Fsp3) is 0.370. The lowest BCUT2D eigenvalue weighted by molar-refractivity contribution is -0.152. The topological polar surface area (TPSA) is 505 Å². The average molecular weight is 2030 g/mol. The van der Waals surface area contributed by atoms with Gasteiger partial charge in [-0.05, 0) is 99.9 Å². The van der Waals surface area contributed by atoms with Crippen LogP contribution in [0.5, 0.6) is 0 Å². The minimum atomic E-state index is -0.968. The van der Waals surface area contributed by atoms with Gasteiger partial charge in [0.1, 0.15) is 82.5 Å². The molecule has 8 atom stereocenters. The normalized spacial score (nSPS) is 12.8. The molecule has 0 bridgehead atoms. The summed E-state index contributed by atoms with van der Waals surface area (Å²) in [5, 5.41) is 37.5. The van der Waals surface area contributed by atoms with Gasteiger partial charge < -0.3 is 87.9 Å². The summed E-state index contributed by atoms with van der Waals surface area (Å²) in [5.41, 5.74) is 35.8. The standard InChI is InChI=1S/C108H135N29O12/c1-77(85-33-17-9-18-34-85)130(66-97(113)138)105(146)74-135(82(6)90-43-27-14-28-44-90)102(143)67-123(59-94-63-127(54-50-110)120-116-94)100(141)71-133(80(4)88-39-23-12-24-40-88)107(148)76-137(84(8)92-47-31-16-32-48-92)104(145)69-125(61-96-65-129(56-52-112)122-118-96)101(142)72-134(81(5)89-41-25-13-26-42-89)108(149)75-136(83(7)91-45-29-15-30-46-91)103(144)68-124(60-95-64-128(55-51-111)121-117-95)99(140)70-132(79(3)87-37-21-11-22-38-87)106(147)73-131(78(2)86-35-19-10-20-36-86)98(139)58-114-57-93-62-126(53-49-109)119-115-93/h9-48,62-65,77-84,114H,49-61,66-76,109-112H2,1-8H3,(H2,113,138)/t77-,78-,79-,80-,81-,82-,83-,84-/m1/s1. The number of primary amides is 1. The van der Waals surface area contributed by atoms with Gasteiger partial charge in [0.25, 0.3) is 0 Å². The molecule has 0 aliphatic carbocycles. The second kappa shape index (κ2) is 55.3. The summed E-state index contributed by atoms with van der Waals surface area (Å²) in [6, 6.07) is 64.8. The number of nitrogens with two attached hydrogens (primary N) is 5. The van der Waals surface area contributed by atoms with Crippen LogP contribution >= 0.6 is 0 Å². The Bertz CT molecular complexity index is 6300. The third-order valence-corrected chi connectivity index (χ3v) is 26.5. The number of rotatable bonds is 56. The molecule has 784 valence electrons. The Morgan fingerprint density at radius 3 is 0.617 bits per heavy atom. The van der Waals surface area contributed by atoms with Gasteiger partial charge in [-0.2, -0.15) is 0 Å². The molecule has 0 unspecified atom stereocenters. The Balaban J connectivity index is 0.871. The third-order valence-electron chi connectivity index (χ3n) is 26.5. The zero-order valence-corrected chi connectivity index (χ0v) is 85.6. The van der Waals surface area contributed by atoms with Crippen molar-refractivity contribution >= 4 is 70.9 Å². The first-order valence-corrected chi connectivity index (χ1v) is 49.8. The highest BCUT2D eigenvalue weighted by Gasteiger charge is 2.41. The maximum Gasteiger partial charge on any atom is 0.243 e. The molecular weight excluding hydrogens is 1900 g/mol.